The predicted molar refractivity (Wildman–Crippen MR) is 67.5 cm³/mol. The first kappa shape index (κ1) is 11.9. The van der Waals surface area contributed by atoms with Crippen LogP contribution in [0.3, 0.4) is 0 Å². The van der Waals surface area contributed by atoms with Gasteiger partial charge in [-0.1, -0.05) is 35.2 Å². The molecule has 0 heterocycles. The van der Waals surface area contributed by atoms with Gasteiger partial charge in [0.2, 0.25) is 0 Å². The second kappa shape index (κ2) is 6.24. The van der Waals surface area contributed by atoms with Crippen molar-refractivity contribution < 1.29 is 4.74 Å². The highest BCUT2D eigenvalue weighted by atomic mass is 79.9. The molecule has 0 aromatic heterocycles. The van der Waals surface area contributed by atoms with Crippen LogP contribution >= 0.6 is 15.9 Å². The quantitative estimate of drug-likeness (QED) is 0.698. The van der Waals surface area contributed by atoms with Crippen molar-refractivity contribution in [1.29, 1.82) is 0 Å². The summed E-state index contributed by atoms with van der Waals surface area (Å²) in [5.41, 5.74) is 0. The van der Waals surface area contributed by atoms with E-state index in [-0.39, 0.29) is 0 Å². The van der Waals surface area contributed by atoms with E-state index < -0.39 is 0 Å². The van der Waals surface area contributed by atoms with E-state index in [9.17, 15) is 0 Å². The minimum Gasteiger partial charge on any atom is -0.378 e. The standard InChI is InChI=1S/C13H23BrO/c14-12-6-8-13(9-7-12)15-10-11-4-2-1-3-5-11/h11-13H,1-10H2. The lowest BCUT2D eigenvalue weighted by Crippen LogP contribution is -2.25. The van der Waals surface area contributed by atoms with Gasteiger partial charge in [-0.05, 0) is 44.4 Å². The molecule has 0 atom stereocenters. The minimum absolute atomic E-state index is 0.570. The Labute approximate surface area is 102 Å². The van der Waals surface area contributed by atoms with E-state index >= 15 is 0 Å². The summed E-state index contributed by atoms with van der Waals surface area (Å²) in [7, 11) is 0. The third-order valence-corrected chi connectivity index (χ3v) is 4.81. The van der Waals surface area contributed by atoms with Gasteiger partial charge in [0.25, 0.3) is 0 Å². The molecule has 0 aromatic rings. The van der Waals surface area contributed by atoms with Gasteiger partial charge < -0.3 is 4.74 Å². The fourth-order valence-electron chi connectivity index (χ4n) is 2.81. The SMILES string of the molecule is BrC1CCC(OCC2CCCCC2)CC1. The van der Waals surface area contributed by atoms with Crippen molar-refractivity contribution in [3.63, 3.8) is 0 Å². The predicted octanol–water partition coefficient (Wildman–Crippen LogP) is 4.29. The van der Waals surface area contributed by atoms with E-state index in [1.807, 2.05) is 0 Å². The van der Waals surface area contributed by atoms with Gasteiger partial charge in [0, 0.05) is 11.4 Å². The maximum atomic E-state index is 6.05. The van der Waals surface area contributed by atoms with E-state index in [1.54, 1.807) is 0 Å². The molecular weight excluding hydrogens is 252 g/mol. The number of ether oxygens (including phenoxy) is 1. The summed E-state index contributed by atoms with van der Waals surface area (Å²) in [5.74, 6) is 0.875. The zero-order valence-electron chi connectivity index (χ0n) is 9.59. The van der Waals surface area contributed by atoms with Crippen molar-refractivity contribution in [2.75, 3.05) is 6.61 Å². The van der Waals surface area contributed by atoms with E-state index in [0.717, 1.165) is 17.4 Å². The normalized spacial score (nSPS) is 34.2. The van der Waals surface area contributed by atoms with Crippen molar-refractivity contribution in [1.82, 2.24) is 0 Å². The van der Waals surface area contributed by atoms with Gasteiger partial charge in [-0.15, -0.1) is 0 Å². The molecule has 0 aliphatic heterocycles. The topological polar surface area (TPSA) is 9.23 Å². The Morgan fingerprint density at radius 1 is 0.867 bits per heavy atom. The number of hydrogen-bond acceptors (Lipinski definition) is 1. The van der Waals surface area contributed by atoms with Crippen molar-refractivity contribution >= 4 is 15.9 Å². The molecule has 15 heavy (non-hydrogen) atoms. The third kappa shape index (κ3) is 4.07. The summed E-state index contributed by atoms with van der Waals surface area (Å²) in [4.78, 5) is 0.757. The van der Waals surface area contributed by atoms with Crippen LogP contribution in [0.15, 0.2) is 0 Å². The summed E-state index contributed by atoms with van der Waals surface area (Å²) in [6.45, 7) is 1.04. The van der Waals surface area contributed by atoms with Crippen LogP contribution in [0, 0.1) is 5.92 Å². The molecule has 88 valence electrons. The van der Waals surface area contributed by atoms with E-state index in [0.29, 0.717) is 6.10 Å². The fraction of sp³-hybridized carbons (Fsp3) is 1.00. The van der Waals surface area contributed by atoms with E-state index in [1.165, 1.54) is 57.8 Å². The number of alkyl halides is 1. The molecule has 1 nitrogen and oxygen atoms in total. The van der Waals surface area contributed by atoms with Gasteiger partial charge in [-0.3, -0.25) is 0 Å². The molecular formula is C13H23BrO. The number of halogens is 1. The van der Waals surface area contributed by atoms with Gasteiger partial charge in [-0.2, -0.15) is 0 Å². The van der Waals surface area contributed by atoms with Crippen LogP contribution in [0.1, 0.15) is 57.8 Å². The highest BCUT2D eigenvalue weighted by Crippen LogP contribution is 2.28. The number of rotatable bonds is 3. The Balaban J connectivity index is 1.60. The first-order valence-corrected chi connectivity index (χ1v) is 7.52. The molecule has 0 N–H and O–H groups in total. The van der Waals surface area contributed by atoms with Crippen molar-refractivity contribution in [2.45, 2.75) is 68.7 Å². The Morgan fingerprint density at radius 2 is 1.53 bits per heavy atom. The lowest BCUT2D eigenvalue weighted by Gasteiger charge is -2.28. The lowest BCUT2D eigenvalue weighted by atomic mass is 9.90. The van der Waals surface area contributed by atoms with Crippen LogP contribution < -0.4 is 0 Å². The summed E-state index contributed by atoms with van der Waals surface area (Å²) in [6, 6.07) is 0. The molecule has 0 spiro atoms. The molecule has 2 heteroatoms. The van der Waals surface area contributed by atoms with Gasteiger partial charge in [0.1, 0.15) is 0 Å². The molecule has 0 radical (unpaired) electrons. The van der Waals surface area contributed by atoms with Gasteiger partial charge in [-0.25, -0.2) is 0 Å². The first-order valence-electron chi connectivity index (χ1n) is 6.60. The Hall–Kier alpha value is 0.440. The molecule has 0 saturated heterocycles. The molecule has 0 unspecified atom stereocenters. The Morgan fingerprint density at radius 3 is 2.20 bits per heavy atom. The molecule has 2 aliphatic rings. The minimum atomic E-state index is 0.570. The van der Waals surface area contributed by atoms with Crippen LogP contribution in [-0.4, -0.2) is 17.5 Å². The Kier molecular flexibility index (Phi) is 4.96. The average molecular weight is 275 g/mol. The second-order valence-electron chi connectivity index (χ2n) is 5.21. The monoisotopic (exact) mass is 274 g/mol. The van der Waals surface area contributed by atoms with E-state index in [2.05, 4.69) is 15.9 Å². The number of hydrogen-bond donors (Lipinski definition) is 0. The zero-order chi connectivity index (χ0) is 10.5. The molecule has 0 amide bonds. The molecule has 2 saturated carbocycles. The van der Waals surface area contributed by atoms with Crippen LogP contribution in [-0.2, 0) is 4.74 Å². The van der Waals surface area contributed by atoms with Crippen LogP contribution in [0.25, 0.3) is 0 Å². The largest absolute Gasteiger partial charge is 0.378 e. The van der Waals surface area contributed by atoms with Gasteiger partial charge in [0.05, 0.1) is 6.10 Å². The van der Waals surface area contributed by atoms with Crippen molar-refractivity contribution in [3.05, 3.63) is 0 Å². The fourth-order valence-corrected chi connectivity index (χ4v) is 3.34. The lowest BCUT2D eigenvalue weighted by molar-refractivity contribution is 0.00228. The van der Waals surface area contributed by atoms with Gasteiger partial charge >= 0.3 is 0 Å². The maximum Gasteiger partial charge on any atom is 0.0576 e. The van der Waals surface area contributed by atoms with Crippen LogP contribution in [0.5, 0.6) is 0 Å². The summed E-state index contributed by atoms with van der Waals surface area (Å²) < 4.78 is 6.05. The highest BCUT2D eigenvalue weighted by Gasteiger charge is 2.21. The highest BCUT2D eigenvalue weighted by molar-refractivity contribution is 9.09. The maximum absolute atomic E-state index is 6.05. The summed E-state index contributed by atoms with van der Waals surface area (Å²) in [5, 5.41) is 0. The zero-order valence-corrected chi connectivity index (χ0v) is 11.2. The van der Waals surface area contributed by atoms with Gasteiger partial charge in [0.15, 0.2) is 0 Å². The van der Waals surface area contributed by atoms with Crippen molar-refractivity contribution in [2.24, 2.45) is 5.92 Å². The molecule has 2 aliphatic carbocycles. The third-order valence-electron chi connectivity index (χ3n) is 3.90. The first-order chi connectivity index (χ1) is 7.34. The van der Waals surface area contributed by atoms with Crippen LogP contribution in [0.4, 0.5) is 0 Å². The van der Waals surface area contributed by atoms with Crippen molar-refractivity contribution in [3.8, 4) is 0 Å². The second-order valence-corrected chi connectivity index (χ2v) is 6.51. The summed E-state index contributed by atoms with van der Waals surface area (Å²) in [6.07, 6.45) is 12.8. The average Bonchev–Trinajstić information content (AvgIpc) is 2.30. The summed E-state index contributed by atoms with van der Waals surface area (Å²) >= 11 is 3.69. The van der Waals surface area contributed by atoms with E-state index in [4.69, 9.17) is 4.74 Å². The molecule has 0 bridgehead atoms. The molecule has 0 aromatic carbocycles. The molecule has 2 fully saturated rings. The smallest absolute Gasteiger partial charge is 0.0576 e. The van der Waals surface area contributed by atoms with Crippen LogP contribution in [0.2, 0.25) is 0 Å². The molecule has 2 rings (SSSR count). The Bertz CT molecular complexity index is 169.